The first kappa shape index (κ1) is 12.1. The average molecular weight is 282 g/mol. The van der Waals surface area contributed by atoms with Crippen LogP contribution in [-0.2, 0) is 0 Å². The van der Waals surface area contributed by atoms with Crippen molar-refractivity contribution in [1.82, 2.24) is 4.90 Å². The lowest BCUT2D eigenvalue weighted by atomic mass is 10.1. The SMILES string of the molecule is CC(c1ccc(Br)cc1)N1CCCCCC1. The summed E-state index contributed by atoms with van der Waals surface area (Å²) < 4.78 is 1.17. The first-order valence-electron chi connectivity index (χ1n) is 6.27. The van der Waals surface area contributed by atoms with Crippen molar-refractivity contribution in [3.63, 3.8) is 0 Å². The molecule has 1 unspecified atom stereocenters. The summed E-state index contributed by atoms with van der Waals surface area (Å²) in [5.74, 6) is 0. The molecule has 88 valence electrons. The van der Waals surface area contributed by atoms with Gasteiger partial charge in [-0.15, -0.1) is 0 Å². The quantitative estimate of drug-likeness (QED) is 0.777. The number of likely N-dealkylation sites (tertiary alicyclic amines) is 1. The van der Waals surface area contributed by atoms with E-state index in [2.05, 4.69) is 52.0 Å². The van der Waals surface area contributed by atoms with Crippen LogP contribution in [0, 0.1) is 0 Å². The van der Waals surface area contributed by atoms with Gasteiger partial charge >= 0.3 is 0 Å². The molecule has 0 spiro atoms. The number of nitrogens with zero attached hydrogens (tertiary/aromatic N) is 1. The highest BCUT2D eigenvalue weighted by molar-refractivity contribution is 9.10. The minimum atomic E-state index is 0.561. The summed E-state index contributed by atoms with van der Waals surface area (Å²) in [5, 5.41) is 0. The van der Waals surface area contributed by atoms with Gasteiger partial charge in [-0.3, -0.25) is 4.90 Å². The Balaban J connectivity index is 2.04. The van der Waals surface area contributed by atoms with E-state index < -0.39 is 0 Å². The fourth-order valence-electron chi connectivity index (χ4n) is 2.43. The summed E-state index contributed by atoms with van der Waals surface area (Å²) in [4.78, 5) is 2.62. The molecule has 2 heteroatoms. The van der Waals surface area contributed by atoms with Gasteiger partial charge in [0, 0.05) is 10.5 Å². The van der Waals surface area contributed by atoms with Crippen LogP contribution >= 0.6 is 15.9 Å². The van der Waals surface area contributed by atoms with Crippen LogP contribution in [0.15, 0.2) is 28.7 Å². The molecule has 1 nitrogen and oxygen atoms in total. The van der Waals surface area contributed by atoms with Gasteiger partial charge in [-0.2, -0.15) is 0 Å². The van der Waals surface area contributed by atoms with Crippen LogP contribution in [0.3, 0.4) is 0 Å². The normalized spacial score (nSPS) is 20.4. The molecule has 1 aromatic rings. The lowest BCUT2D eigenvalue weighted by Gasteiger charge is -2.27. The molecule has 16 heavy (non-hydrogen) atoms. The van der Waals surface area contributed by atoms with Crippen LogP contribution in [0.5, 0.6) is 0 Å². The molecule has 0 radical (unpaired) electrons. The van der Waals surface area contributed by atoms with E-state index in [1.54, 1.807) is 0 Å². The maximum absolute atomic E-state index is 3.49. The van der Waals surface area contributed by atoms with Gasteiger partial charge in [0.15, 0.2) is 0 Å². The smallest absolute Gasteiger partial charge is 0.0319 e. The van der Waals surface area contributed by atoms with Crippen molar-refractivity contribution in [1.29, 1.82) is 0 Å². The highest BCUT2D eigenvalue weighted by Crippen LogP contribution is 2.24. The molecule has 1 aromatic carbocycles. The molecule has 1 aliphatic rings. The second-order valence-electron chi connectivity index (χ2n) is 4.68. The van der Waals surface area contributed by atoms with Crippen molar-refractivity contribution in [2.75, 3.05) is 13.1 Å². The van der Waals surface area contributed by atoms with E-state index in [0.29, 0.717) is 6.04 Å². The minimum absolute atomic E-state index is 0.561. The fourth-order valence-corrected chi connectivity index (χ4v) is 2.70. The molecular formula is C14H20BrN. The molecule has 1 fully saturated rings. The lowest BCUT2D eigenvalue weighted by molar-refractivity contribution is 0.219. The third-order valence-corrected chi connectivity index (χ3v) is 4.07. The Bertz CT molecular complexity index is 312. The Hall–Kier alpha value is -0.340. The monoisotopic (exact) mass is 281 g/mol. The molecule has 0 amide bonds. The predicted molar refractivity (Wildman–Crippen MR) is 72.6 cm³/mol. The van der Waals surface area contributed by atoms with Gasteiger partial charge in [-0.1, -0.05) is 40.9 Å². The Morgan fingerprint density at radius 3 is 2.12 bits per heavy atom. The summed E-state index contributed by atoms with van der Waals surface area (Å²) in [6.45, 7) is 4.85. The van der Waals surface area contributed by atoms with Crippen LogP contribution in [0.4, 0.5) is 0 Å². The van der Waals surface area contributed by atoms with E-state index >= 15 is 0 Å². The predicted octanol–water partition coefficient (Wildman–Crippen LogP) is 4.39. The molecule has 1 aliphatic heterocycles. The highest BCUT2D eigenvalue weighted by Gasteiger charge is 2.16. The van der Waals surface area contributed by atoms with Gasteiger partial charge in [-0.05, 0) is 50.6 Å². The molecule has 0 aromatic heterocycles. The molecular weight excluding hydrogens is 262 g/mol. The molecule has 0 bridgehead atoms. The third-order valence-electron chi connectivity index (χ3n) is 3.54. The van der Waals surface area contributed by atoms with E-state index in [1.807, 2.05) is 0 Å². The molecule has 0 saturated carbocycles. The number of hydrogen-bond acceptors (Lipinski definition) is 1. The zero-order chi connectivity index (χ0) is 11.4. The second-order valence-corrected chi connectivity index (χ2v) is 5.59. The Morgan fingerprint density at radius 1 is 1.00 bits per heavy atom. The van der Waals surface area contributed by atoms with Gasteiger partial charge < -0.3 is 0 Å². The number of benzene rings is 1. The van der Waals surface area contributed by atoms with E-state index in [4.69, 9.17) is 0 Å². The van der Waals surface area contributed by atoms with Crippen molar-refractivity contribution in [2.45, 2.75) is 38.6 Å². The van der Waals surface area contributed by atoms with Crippen molar-refractivity contribution in [2.24, 2.45) is 0 Å². The number of rotatable bonds is 2. The first-order valence-corrected chi connectivity index (χ1v) is 7.06. The van der Waals surface area contributed by atoms with Crippen LogP contribution in [0.2, 0.25) is 0 Å². The van der Waals surface area contributed by atoms with E-state index in [1.165, 1.54) is 48.8 Å². The molecule has 1 atom stereocenters. The average Bonchev–Trinajstić information content (AvgIpc) is 2.57. The van der Waals surface area contributed by atoms with Crippen molar-refractivity contribution in [3.8, 4) is 0 Å². The van der Waals surface area contributed by atoms with Gasteiger partial charge in [0.05, 0.1) is 0 Å². The van der Waals surface area contributed by atoms with Crippen LogP contribution in [0.1, 0.15) is 44.2 Å². The lowest BCUT2D eigenvalue weighted by Crippen LogP contribution is -2.27. The summed E-state index contributed by atoms with van der Waals surface area (Å²) in [6, 6.07) is 9.32. The molecule has 0 aliphatic carbocycles. The molecule has 0 N–H and O–H groups in total. The van der Waals surface area contributed by atoms with Crippen LogP contribution in [0.25, 0.3) is 0 Å². The summed E-state index contributed by atoms with van der Waals surface area (Å²) in [6.07, 6.45) is 5.54. The standard InChI is InChI=1S/C14H20BrN/c1-12(13-6-8-14(15)9-7-13)16-10-4-2-3-5-11-16/h6-9,12H,2-5,10-11H2,1H3. The Labute approximate surface area is 107 Å². The van der Waals surface area contributed by atoms with E-state index in [-0.39, 0.29) is 0 Å². The number of halogens is 1. The van der Waals surface area contributed by atoms with Gasteiger partial charge in [0.1, 0.15) is 0 Å². The zero-order valence-electron chi connectivity index (χ0n) is 9.95. The second kappa shape index (κ2) is 5.83. The highest BCUT2D eigenvalue weighted by atomic mass is 79.9. The van der Waals surface area contributed by atoms with Gasteiger partial charge in [0.2, 0.25) is 0 Å². The maximum Gasteiger partial charge on any atom is 0.0319 e. The molecule has 2 rings (SSSR count). The minimum Gasteiger partial charge on any atom is -0.297 e. The summed E-state index contributed by atoms with van der Waals surface area (Å²) in [7, 11) is 0. The largest absolute Gasteiger partial charge is 0.297 e. The first-order chi connectivity index (χ1) is 7.77. The van der Waals surface area contributed by atoms with E-state index in [9.17, 15) is 0 Å². The zero-order valence-corrected chi connectivity index (χ0v) is 11.5. The van der Waals surface area contributed by atoms with Crippen LogP contribution < -0.4 is 0 Å². The van der Waals surface area contributed by atoms with Crippen molar-refractivity contribution in [3.05, 3.63) is 34.3 Å². The van der Waals surface area contributed by atoms with Crippen molar-refractivity contribution < 1.29 is 0 Å². The van der Waals surface area contributed by atoms with Crippen molar-refractivity contribution >= 4 is 15.9 Å². The topological polar surface area (TPSA) is 3.24 Å². The molecule has 1 saturated heterocycles. The number of hydrogen-bond donors (Lipinski definition) is 0. The Kier molecular flexibility index (Phi) is 4.42. The van der Waals surface area contributed by atoms with Crippen LogP contribution in [-0.4, -0.2) is 18.0 Å². The Morgan fingerprint density at radius 2 is 1.56 bits per heavy atom. The van der Waals surface area contributed by atoms with Gasteiger partial charge in [-0.25, -0.2) is 0 Å². The fraction of sp³-hybridized carbons (Fsp3) is 0.571. The third kappa shape index (κ3) is 3.08. The summed E-state index contributed by atoms with van der Waals surface area (Å²) >= 11 is 3.49. The maximum atomic E-state index is 3.49. The van der Waals surface area contributed by atoms with Gasteiger partial charge in [0.25, 0.3) is 0 Å². The summed E-state index contributed by atoms with van der Waals surface area (Å²) in [5.41, 5.74) is 1.44. The molecule has 1 heterocycles. The van der Waals surface area contributed by atoms with E-state index in [0.717, 1.165) is 0 Å².